The van der Waals surface area contributed by atoms with Gasteiger partial charge in [0.1, 0.15) is 5.52 Å². The average molecular weight is 259 g/mol. The second-order valence-electron chi connectivity index (χ2n) is 4.15. The predicted molar refractivity (Wildman–Crippen MR) is 73.0 cm³/mol. The molecular formula is C13H11ClN4. The summed E-state index contributed by atoms with van der Waals surface area (Å²) in [6.07, 6.45) is 0. The van der Waals surface area contributed by atoms with E-state index in [2.05, 4.69) is 10.3 Å². The standard InChI is InChI=1S/C13H11ClN4/c1-8-6-10(15)9(14)7-13(8)18-12-5-3-2-4-11(12)16-17-18/h2-7H,15H2,1H3. The number of hydrogen-bond donors (Lipinski definition) is 1. The summed E-state index contributed by atoms with van der Waals surface area (Å²) >= 11 is 6.07. The van der Waals surface area contributed by atoms with E-state index in [0.717, 1.165) is 22.3 Å². The number of fused-ring (bicyclic) bond motifs is 1. The monoisotopic (exact) mass is 258 g/mol. The number of benzene rings is 2. The van der Waals surface area contributed by atoms with Crippen molar-refractivity contribution in [2.75, 3.05) is 5.73 Å². The van der Waals surface area contributed by atoms with E-state index in [1.165, 1.54) is 0 Å². The molecule has 2 N–H and O–H groups in total. The molecule has 18 heavy (non-hydrogen) atoms. The van der Waals surface area contributed by atoms with Gasteiger partial charge in [0.05, 0.1) is 21.9 Å². The van der Waals surface area contributed by atoms with Gasteiger partial charge in [-0.1, -0.05) is 28.9 Å². The molecule has 0 amide bonds. The van der Waals surface area contributed by atoms with Gasteiger partial charge in [-0.25, -0.2) is 4.68 Å². The van der Waals surface area contributed by atoms with E-state index in [9.17, 15) is 0 Å². The van der Waals surface area contributed by atoms with Gasteiger partial charge in [-0.05, 0) is 36.8 Å². The minimum Gasteiger partial charge on any atom is -0.398 e. The van der Waals surface area contributed by atoms with Crippen molar-refractivity contribution < 1.29 is 0 Å². The number of nitrogen functional groups attached to an aromatic ring is 1. The molecule has 0 unspecified atom stereocenters. The molecule has 3 aromatic rings. The third-order valence-electron chi connectivity index (χ3n) is 2.90. The van der Waals surface area contributed by atoms with E-state index in [1.807, 2.05) is 43.3 Å². The molecule has 0 saturated heterocycles. The van der Waals surface area contributed by atoms with Crippen molar-refractivity contribution in [3.05, 3.63) is 47.0 Å². The normalized spacial score (nSPS) is 11.0. The van der Waals surface area contributed by atoms with E-state index in [0.29, 0.717) is 10.7 Å². The Hall–Kier alpha value is -2.07. The van der Waals surface area contributed by atoms with Gasteiger partial charge in [-0.3, -0.25) is 0 Å². The van der Waals surface area contributed by atoms with E-state index in [-0.39, 0.29) is 0 Å². The Balaban J connectivity index is 2.29. The summed E-state index contributed by atoms with van der Waals surface area (Å²) in [5.74, 6) is 0. The molecule has 0 atom stereocenters. The van der Waals surface area contributed by atoms with Gasteiger partial charge in [-0.2, -0.15) is 0 Å². The zero-order valence-corrected chi connectivity index (χ0v) is 10.5. The van der Waals surface area contributed by atoms with Gasteiger partial charge in [0.25, 0.3) is 0 Å². The highest BCUT2D eigenvalue weighted by Crippen LogP contribution is 2.27. The smallest absolute Gasteiger partial charge is 0.113 e. The van der Waals surface area contributed by atoms with E-state index >= 15 is 0 Å². The van der Waals surface area contributed by atoms with Gasteiger partial charge < -0.3 is 5.73 Å². The highest BCUT2D eigenvalue weighted by Gasteiger charge is 2.10. The summed E-state index contributed by atoms with van der Waals surface area (Å²) in [7, 11) is 0. The van der Waals surface area contributed by atoms with Crippen LogP contribution in [0.1, 0.15) is 5.56 Å². The number of rotatable bonds is 1. The molecule has 0 aliphatic carbocycles. The molecule has 0 radical (unpaired) electrons. The van der Waals surface area contributed by atoms with Crippen molar-refractivity contribution >= 4 is 28.3 Å². The Morgan fingerprint density at radius 3 is 2.83 bits per heavy atom. The molecule has 0 aliphatic rings. The maximum absolute atomic E-state index is 6.07. The van der Waals surface area contributed by atoms with Gasteiger partial charge in [0, 0.05) is 0 Å². The third-order valence-corrected chi connectivity index (χ3v) is 3.22. The second-order valence-corrected chi connectivity index (χ2v) is 4.56. The van der Waals surface area contributed by atoms with Crippen LogP contribution in [0, 0.1) is 6.92 Å². The number of hydrogen-bond acceptors (Lipinski definition) is 3. The number of halogens is 1. The topological polar surface area (TPSA) is 56.7 Å². The summed E-state index contributed by atoms with van der Waals surface area (Å²) in [6.45, 7) is 1.97. The molecule has 0 spiro atoms. The first-order valence-electron chi connectivity index (χ1n) is 5.53. The number of nitrogens with two attached hydrogens (primary N) is 1. The maximum atomic E-state index is 6.07. The predicted octanol–water partition coefficient (Wildman–Crippen LogP) is 2.96. The van der Waals surface area contributed by atoms with Crippen molar-refractivity contribution in [1.82, 2.24) is 15.0 Å². The summed E-state index contributed by atoms with van der Waals surface area (Å²) < 4.78 is 1.77. The van der Waals surface area contributed by atoms with Gasteiger partial charge in [0.15, 0.2) is 0 Å². The van der Waals surface area contributed by atoms with Crippen LogP contribution < -0.4 is 5.73 Å². The molecule has 1 heterocycles. The van der Waals surface area contributed by atoms with Crippen molar-refractivity contribution in [2.45, 2.75) is 6.92 Å². The molecule has 90 valence electrons. The Morgan fingerprint density at radius 1 is 1.22 bits per heavy atom. The quantitative estimate of drug-likeness (QED) is 0.683. The van der Waals surface area contributed by atoms with Crippen LogP contribution in [0.3, 0.4) is 0 Å². The molecular weight excluding hydrogens is 248 g/mol. The highest BCUT2D eigenvalue weighted by molar-refractivity contribution is 6.33. The Morgan fingerprint density at radius 2 is 2.00 bits per heavy atom. The van der Waals surface area contributed by atoms with Gasteiger partial charge in [-0.15, -0.1) is 5.10 Å². The molecule has 1 aromatic heterocycles. The molecule has 5 heteroatoms. The van der Waals surface area contributed by atoms with Gasteiger partial charge >= 0.3 is 0 Å². The molecule has 0 fully saturated rings. The Labute approximate surface area is 109 Å². The van der Waals surface area contributed by atoms with Crippen LogP contribution in [0.4, 0.5) is 5.69 Å². The summed E-state index contributed by atoms with van der Waals surface area (Å²) in [6, 6.07) is 11.4. The summed E-state index contributed by atoms with van der Waals surface area (Å²) in [4.78, 5) is 0. The second kappa shape index (κ2) is 3.99. The summed E-state index contributed by atoms with van der Waals surface area (Å²) in [5.41, 5.74) is 10.0. The lowest BCUT2D eigenvalue weighted by atomic mass is 10.1. The fourth-order valence-corrected chi connectivity index (χ4v) is 2.13. The maximum Gasteiger partial charge on any atom is 0.113 e. The zero-order valence-electron chi connectivity index (χ0n) is 9.76. The third kappa shape index (κ3) is 1.62. The van der Waals surface area contributed by atoms with Crippen molar-refractivity contribution in [1.29, 1.82) is 0 Å². The molecule has 4 nitrogen and oxygen atoms in total. The van der Waals surface area contributed by atoms with Gasteiger partial charge in [0.2, 0.25) is 0 Å². The SMILES string of the molecule is Cc1cc(N)c(Cl)cc1-n1nnc2ccccc21. The first-order chi connectivity index (χ1) is 8.66. The van der Waals surface area contributed by atoms with Crippen LogP contribution >= 0.6 is 11.6 Å². The molecule has 0 saturated carbocycles. The summed E-state index contributed by atoms with van der Waals surface area (Å²) in [5, 5.41) is 8.81. The average Bonchev–Trinajstić information content (AvgIpc) is 2.78. The largest absolute Gasteiger partial charge is 0.398 e. The lowest BCUT2D eigenvalue weighted by molar-refractivity contribution is 0.819. The van der Waals surface area contributed by atoms with Crippen LogP contribution in [-0.2, 0) is 0 Å². The number of aromatic nitrogens is 3. The van der Waals surface area contributed by atoms with E-state index in [1.54, 1.807) is 4.68 Å². The van der Waals surface area contributed by atoms with Crippen molar-refractivity contribution in [2.24, 2.45) is 0 Å². The van der Waals surface area contributed by atoms with E-state index in [4.69, 9.17) is 17.3 Å². The van der Waals surface area contributed by atoms with Crippen LogP contribution in [0.15, 0.2) is 36.4 Å². The Kier molecular flexibility index (Phi) is 2.45. The van der Waals surface area contributed by atoms with Crippen molar-refractivity contribution in [3.63, 3.8) is 0 Å². The van der Waals surface area contributed by atoms with Crippen LogP contribution in [0.5, 0.6) is 0 Å². The number of para-hydroxylation sites is 1. The molecule has 0 aliphatic heterocycles. The minimum absolute atomic E-state index is 0.523. The van der Waals surface area contributed by atoms with Crippen LogP contribution in [0.2, 0.25) is 5.02 Å². The zero-order chi connectivity index (χ0) is 12.7. The first kappa shape index (κ1) is 11.0. The number of nitrogens with zero attached hydrogens (tertiary/aromatic N) is 3. The van der Waals surface area contributed by atoms with Crippen molar-refractivity contribution in [3.8, 4) is 5.69 Å². The lowest BCUT2D eigenvalue weighted by Crippen LogP contribution is -2.01. The Bertz CT molecular complexity index is 733. The molecule has 3 rings (SSSR count). The van der Waals surface area contributed by atoms with Crippen LogP contribution in [0.25, 0.3) is 16.7 Å². The number of aryl methyl sites for hydroxylation is 1. The molecule has 2 aromatic carbocycles. The molecule has 0 bridgehead atoms. The van der Waals surface area contributed by atoms with Crippen LogP contribution in [-0.4, -0.2) is 15.0 Å². The minimum atomic E-state index is 0.523. The fraction of sp³-hybridized carbons (Fsp3) is 0.0769. The number of anilines is 1. The lowest BCUT2D eigenvalue weighted by Gasteiger charge is -2.08. The first-order valence-corrected chi connectivity index (χ1v) is 5.91. The highest BCUT2D eigenvalue weighted by atomic mass is 35.5. The van der Waals surface area contributed by atoms with E-state index < -0.39 is 0 Å². The fourth-order valence-electron chi connectivity index (χ4n) is 1.97.